The van der Waals surface area contributed by atoms with Gasteiger partial charge in [0.1, 0.15) is 23.9 Å². The highest BCUT2D eigenvalue weighted by Crippen LogP contribution is 2.11. The maximum atomic E-state index is 13.0. The smallest absolute Gasteiger partial charge is 0.326 e. The van der Waals surface area contributed by atoms with Gasteiger partial charge in [-0.05, 0) is 68.4 Å². The number of phenols is 1. The summed E-state index contributed by atoms with van der Waals surface area (Å²) in [6.07, 6.45) is 2.70. The summed E-state index contributed by atoms with van der Waals surface area (Å²) < 4.78 is 0. The van der Waals surface area contributed by atoms with Gasteiger partial charge in [-0.1, -0.05) is 12.1 Å². The van der Waals surface area contributed by atoms with Crippen LogP contribution in [0.1, 0.15) is 37.7 Å². The molecular weight excluding hydrogens is 516 g/mol. The van der Waals surface area contributed by atoms with E-state index in [0.717, 1.165) is 0 Å². The number of hydrogen-bond donors (Lipinski definition) is 8. The molecule has 4 amide bonds. The summed E-state index contributed by atoms with van der Waals surface area (Å²) in [6, 6.07) is 1.27. The summed E-state index contributed by atoms with van der Waals surface area (Å²) >= 11 is 1.43. The number of carbonyl (C=O) groups is 5. The van der Waals surface area contributed by atoms with Crippen LogP contribution in [0.4, 0.5) is 0 Å². The Hall–Kier alpha value is -3.36. The number of nitrogens with two attached hydrogens (primary N) is 3. The van der Waals surface area contributed by atoms with Gasteiger partial charge in [-0.25, -0.2) is 4.79 Å². The number of rotatable bonds is 18. The van der Waals surface area contributed by atoms with E-state index in [-0.39, 0.29) is 25.0 Å². The average molecular weight is 555 g/mol. The number of aliphatic carboxylic acids is 1. The fourth-order valence-electron chi connectivity index (χ4n) is 3.47. The number of thioether (sulfide) groups is 1. The highest BCUT2D eigenvalue weighted by atomic mass is 32.2. The number of carboxylic acids is 1. The van der Waals surface area contributed by atoms with Gasteiger partial charge < -0.3 is 43.4 Å². The molecule has 0 saturated heterocycles. The van der Waals surface area contributed by atoms with Crippen molar-refractivity contribution in [2.45, 2.75) is 62.7 Å². The van der Waals surface area contributed by atoms with Crippen molar-refractivity contribution in [3.63, 3.8) is 0 Å². The van der Waals surface area contributed by atoms with Crippen LogP contribution in [0, 0.1) is 0 Å². The van der Waals surface area contributed by atoms with Gasteiger partial charge in [0.15, 0.2) is 0 Å². The summed E-state index contributed by atoms with van der Waals surface area (Å²) in [7, 11) is 0. The highest BCUT2D eigenvalue weighted by Gasteiger charge is 2.31. The van der Waals surface area contributed by atoms with E-state index in [1.807, 2.05) is 0 Å². The van der Waals surface area contributed by atoms with E-state index in [4.69, 9.17) is 17.2 Å². The first kappa shape index (κ1) is 32.7. The maximum Gasteiger partial charge on any atom is 0.326 e. The maximum absolute atomic E-state index is 13.0. The lowest BCUT2D eigenvalue weighted by molar-refractivity contribution is -0.142. The standard InChI is InChI=1S/C24H38N6O7S/c1-38-11-9-18(24(36)37)29-22(34)17(4-2-3-10-25)28-23(35)19(13-20(27)32)30-21(33)16(26)12-14-5-7-15(31)8-6-14/h5-8,16-19,31H,2-4,9-13,25-26H2,1H3,(H2,27,32)(H,28,35)(H,29,34)(H,30,33)(H,36,37). The Bertz CT molecular complexity index is 947. The molecule has 1 rings (SSSR count). The molecule has 4 atom stereocenters. The molecule has 1 aromatic rings. The molecule has 0 bridgehead atoms. The number of nitrogens with one attached hydrogen (secondary N) is 3. The lowest BCUT2D eigenvalue weighted by Gasteiger charge is -2.25. The summed E-state index contributed by atoms with van der Waals surface area (Å²) in [5, 5.41) is 26.2. The predicted molar refractivity (Wildman–Crippen MR) is 143 cm³/mol. The largest absolute Gasteiger partial charge is 0.508 e. The fourth-order valence-corrected chi connectivity index (χ4v) is 3.94. The quantitative estimate of drug-likeness (QED) is 0.0982. The van der Waals surface area contributed by atoms with Crippen LogP contribution >= 0.6 is 11.8 Å². The minimum absolute atomic E-state index is 0.0500. The molecule has 0 spiro atoms. The molecule has 1 aromatic carbocycles. The number of carboxylic acid groups (broad SMARTS) is 1. The van der Waals surface area contributed by atoms with Gasteiger partial charge in [-0.3, -0.25) is 19.2 Å². The molecule has 0 aliphatic rings. The summed E-state index contributed by atoms with van der Waals surface area (Å²) in [4.78, 5) is 61.8. The molecule has 13 nitrogen and oxygen atoms in total. The third kappa shape index (κ3) is 12.3. The first-order valence-electron chi connectivity index (χ1n) is 12.1. The van der Waals surface area contributed by atoms with E-state index in [2.05, 4.69) is 16.0 Å². The normalized spacial score (nSPS) is 14.0. The van der Waals surface area contributed by atoms with Crippen molar-refractivity contribution in [2.24, 2.45) is 17.2 Å². The van der Waals surface area contributed by atoms with Crippen LogP contribution < -0.4 is 33.2 Å². The highest BCUT2D eigenvalue weighted by molar-refractivity contribution is 7.98. The van der Waals surface area contributed by atoms with Crippen LogP contribution in [0.2, 0.25) is 0 Å². The first-order chi connectivity index (χ1) is 18.0. The number of unbranched alkanes of at least 4 members (excludes halogenated alkanes) is 1. The molecular formula is C24H38N6O7S. The van der Waals surface area contributed by atoms with Crippen molar-refractivity contribution in [3.8, 4) is 5.75 Å². The number of phenolic OH excluding ortho intramolecular Hbond substituents is 1. The Morgan fingerprint density at radius 3 is 2.03 bits per heavy atom. The molecule has 4 unspecified atom stereocenters. The number of amides is 4. The number of carbonyl (C=O) groups excluding carboxylic acids is 4. The number of aromatic hydroxyl groups is 1. The molecule has 0 heterocycles. The zero-order valence-corrected chi connectivity index (χ0v) is 22.2. The van der Waals surface area contributed by atoms with Crippen LogP contribution in [0.25, 0.3) is 0 Å². The summed E-state index contributed by atoms with van der Waals surface area (Å²) in [6.45, 7) is 0.354. The molecule has 0 radical (unpaired) electrons. The minimum Gasteiger partial charge on any atom is -0.508 e. The van der Waals surface area contributed by atoms with Crippen LogP contribution in [0.5, 0.6) is 5.75 Å². The minimum atomic E-state index is -1.41. The fraction of sp³-hybridized carbons (Fsp3) is 0.542. The SMILES string of the molecule is CSCCC(NC(=O)C(CCCCN)NC(=O)C(CC(N)=O)NC(=O)C(N)Cc1ccc(O)cc1)C(=O)O. The van der Waals surface area contributed by atoms with E-state index < -0.39 is 60.2 Å². The van der Waals surface area contributed by atoms with Crippen molar-refractivity contribution < 1.29 is 34.2 Å². The Morgan fingerprint density at radius 2 is 1.47 bits per heavy atom. The Morgan fingerprint density at radius 1 is 0.895 bits per heavy atom. The first-order valence-corrected chi connectivity index (χ1v) is 13.5. The molecule has 0 saturated carbocycles. The Kier molecular flexibility index (Phi) is 14.8. The van der Waals surface area contributed by atoms with Crippen LogP contribution in [-0.2, 0) is 30.4 Å². The zero-order valence-electron chi connectivity index (χ0n) is 21.4. The monoisotopic (exact) mass is 554 g/mol. The summed E-state index contributed by atoms with van der Waals surface area (Å²) in [5.41, 5.74) is 17.4. The molecule has 212 valence electrons. The van der Waals surface area contributed by atoms with Crippen LogP contribution in [0.3, 0.4) is 0 Å². The van der Waals surface area contributed by atoms with Crippen molar-refractivity contribution in [2.75, 3.05) is 18.6 Å². The van der Waals surface area contributed by atoms with E-state index in [0.29, 0.717) is 30.7 Å². The van der Waals surface area contributed by atoms with Crippen molar-refractivity contribution >= 4 is 41.4 Å². The molecule has 0 aliphatic heterocycles. The van der Waals surface area contributed by atoms with Gasteiger partial charge >= 0.3 is 5.97 Å². The molecule has 38 heavy (non-hydrogen) atoms. The van der Waals surface area contributed by atoms with Crippen molar-refractivity contribution in [1.82, 2.24) is 16.0 Å². The van der Waals surface area contributed by atoms with E-state index in [9.17, 15) is 34.2 Å². The lowest BCUT2D eigenvalue weighted by Crippen LogP contribution is -2.58. The number of benzene rings is 1. The second-order valence-electron chi connectivity index (χ2n) is 8.74. The molecule has 0 aliphatic carbocycles. The number of hydrogen-bond acceptors (Lipinski definition) is 9. The second-order valence-corrected chi connectivity index (χ2v) is 9.72. The number of primary amides is 1. The second kappa shape index (κ2) is 17.2. The zero-order chi connectivity index (χ0) is 28.7. The van der Waals surface area contributed by atoms with Gasteiger partial charge in [0.05, 0.1) is 12.5 Å². The average Bonchev–Trinajstić information content (AvgIpc) is 2.86. The molecule has 14 heteroatoms. The lowest BCUT2D eigenvalue weighted by atomic mass is 10.0. The van der Waals surface area contributed by atoms with Crippen LogP contribution in [0.15, 0.2) is 24.3 Å². The molecule has 0 aromatic heterocycles. The van der Waals surface area contributed by atoms with Gasteiger partial charge in [0.2, 0.25) is 23.6 Å². The summed E-state index contributed by atoms with van der Waals surface area (Å²) in [5.74, 6) is -3.82. The van der Waals surface area contributed by atoms with Gasteiger partial charge in [-0.15, -0.1) is 0 Å². The Balaban J connectivity index is 2.96. The molecule has 11 N–H and O–H groups in total. The van der Waals surface area contributed by atoms with E-state index in [1.54, 1.807) is 18.4 Å². The van der Waals surface area contributed by atoms with Gasteiger partial charge in [-0.2, -0.15) is 11.8 Å². The topological polar surface area (TPSA) is 240 Å². The van der Waals surface area contributed by atoms with Crippen molar-refractivity contribution in [1.29, 1.82) is 0 Å². The van der Waals surface area contributed by atoms with E-state index in [1.165, 1.54) is 23.9 Å². The predicted octanol–water partition coefficient (Wildman–Crippen LogP) is -1.44. The van der Waals surface area contributed by atoms with Gasteiger partial charge in [0.25, 0.3) is 0 Å². The van der Waals surface area contributed by atoms with E-state index >= 15 is 0 Å². The molecule has 0 fully saturated rings. The Labute approximate surface area is 225 Å². The van der Waals surface area contributed by atoms with Crippen LogP contribution in [-0.4, -0.2) is 82.5 Å². The third-order valence-electron chi connectivity index (χ3n) is 5.57. The van der Waals surface area contributed by atoms with Crippen molar-refractivity contribution in [3.05, 3.63) is 29.8 Å². The third-order valence-corrected chi connectivity index (χ3v) is 6.22. The van der Waals surface area contributed by atoms with Gasteiger partial charge in [0, 0.05) is 0 Å².